The first-order valence-electron chi connectivity index (χ1n) is 8.80. The van der Waals surface area contributed by atoms with Crippen molar-refractivity contribution >= 4 is 22.4 Å². The normalized spacial score (nSPS) is 13.1. The van der Waals surface area contributed by atoms with Gasteiger partial charge in [0.25, 0.3) is 5.91 Å². The van der Waals surface area contributed by atoms with Gasteiger partial charge in [-0.3, -0.25) is 10.1 Å². The van der Waals surface area contributed by atoms with Crippen molar-refractivity contribution in [1.29, 1.82) is 0 Å². The Morgan fingerprint density at radius 1 is 1.19 bits per heavy atom. The van der Waals surface area contributed by atoms with Crippen LogP contribution in [0.15, 0.2) is 42.5 Å². The summed E-state index contributed by atoms with van der Waals surface area (Å²) in [5.74, 6) is 0.674. The molecule has 0 saturated heterocycles. The largest absolute Gasteiger partial charge is 0.497 e. The Kier molecular flexibility index (Phi) is 5.13. The van der Waals surface area contributed by atoms with Crippen molar-refractivity contribution in [3.63, 3.8) is 0 Å². The minimum atomic E-state index is -0.150. The molecular weight excluding hydrogens is 360 g/mol. The SMILES string of the molecule is COc1ccc(Cc2nnc(NC(=O)c3ccc4c(c3)CCNC4)s2)cc1. The van der Waals surface area contributed by atoms with Gasteiger partial charge in [0.15, 0.2) is 0 Å². The van der Waals surface area contributed by atoms with E-state index in [1.165, 1.54) is 22.5 Å². The van der Waals surface area contributed by atoms with E-state index in [4.69, 9.17) is 4.74 Å². The van der Waals surface area contributed by atoms with E-state index in [0.29, 0.717) is 17.1 Å². The molecule has 3 aromatic rings. The van der Waals surface area contributed by atoms with Gasteiger partial charge in [0.1, 0.15) is 10.8 Å². The Balaban J connectivity index is 1.41. The third-order valence-corrected chi connectivity index (χ3v) is 5.40. The van der Waals surface area contributed by atoms with Gasteiger partial charge in [-0.15, -0.1) is 10.2 Å². The first kappa shape index (κ1) is 17.6. The molecule has 2 heterocycles. The molecule has 7 heteroatoms. The van der Waals surface area contributed by atoms with E-state index in [2.05, 4.69) is 20.8 Å². The fourth-order valence-corrected chi connectivity index (χ4v) is 3.85. The predicted molar refractivity (Wildman–Crippen MR) is 106 cm³/mol. The lowest BCUT2D eigenvalue weighted by Crippen LogP contribution is -2.24. The molecule has 27 heavy (non-hydrogen) atoms. The number of fused-ring (bicyclic) bond motifs is 1. The minimum absolute atomic E-state index is 0.150. The van der Waals surface area contributed by atoms with Gasteiger partial charge < -0.3 is 10.1 Å². The van der Waals surface area contributed by atoms with Crippen LogP contribution >= 0.6 is 11.3 Å². The maximum absolute atomic E-state index is 12.5. The molecule has 2 N–H and O–H groups in total. The molecule has 0 bridgehead atoms. The third kappa shape index (κ3) is 4.15. The number of hydrogen-bond acceptors (Lipinski definition) is 6. The van der Waals surface area contributed by atoms with E-state index < -0.39 is 0 Å². The van der Waals surface area contributed by atoms with Crippen LogP contribution in [0.25, 0.3) is 0 Å². The summed E-state index contributed by atoms with van der Waals surface area (Å²) in [6, 6.07) is 13.7. The van der Waals surface area contributed by atoms with E-state index in [-0.39, 0.29) is 5.91 Å². The average Bonchev–Trinajstić information content (AvgIpc) is 3.15. The maximum Gasteiger partial charge on any atom is 0.257 e. The van der Waals surface area contributed by atoms with Gasteiger partial charge in [-0.05, 0) is 53.9 Å². The molecule has 1 aromatic heterocycles. The van der Waals surface area contributed by atoms with Crippen molar-refractivity contribution in [2.24, 2.45) is 0 Å². The van der Waals surface area contributed by atoms with E-state index in [0.717, 1.165) is 35.8 Å². The smallest absolute Gasteiger partial charge is 0.257 e. The van der Waals surface area contributed by atoms with Crippen LogP contribution in [0.1, 0.15) is 32.1 Å². The number of rotatable bonds is 5. The molecule has 0 fully saturated rings. The van der Waals surface area contributed by atoms with Crippen LogP contribution in [0.3, 0.4) is 0 Å². The topological polar surface area (TPSA) is 76.1 Å². The molecule has 0 radical (unpaired) electrons. The summed E-state index contributed by atoms with van der Waals surface area (Å²) in [4.78, 5) is 12.5. The van der Waals surface area contributed by atoms with E-state index in [1.807, 2.05) is 42.5 Å². The lowest BCUT2D eigenvalue weighted by Gasteiger charge is -2.17. The monoisotopic (exact) mass is 380 g/mol. The van der Waals surface area contributed by atoms with Crippen LogP contribution in [0.2, 0.25) is 0 Å². The number of hydrogen-bond donors (Lipinski definition) is 2. The molecule has 1 aliphatic heterocycles. The molecule has 0 saturated carbocycles. The number of methoxy groups -OCH3 is 1. The second-order valence-corrected chi connectivity index (χ2v) is 7.45. The molecule has 6 nitrogen and oxygen atoms in total. The molecule has 138 valence electrons. The molecule has 1 aliphatic rings. The predicted octanol–water partition coefficient (Wildman–Crippen LogP) is 3.04. The fraction of sp³-hybridized carbons (Fsp3) is 0.250. The lowest BCUT2D eigenvalue weighted by molar-refractivity contribution is 0.102. The maximum atomic E-state index is 12.5. The van der Waals surface area contributed by atoms with Crippen LogP contribution < -0.4 is 15.4 Å². The molecule has 1 amide bonds. The number of nitrogens with one attached hydrogen (secondary N) is 2. The molecule has 0 unspecified atom stereocenters. The Morgan fingerprint density at radius 2 is 2.04 bits per heavy atom. The molecule has 0 aliphatic carbocycles. The molecule has 0 spiro atoms. The van der Waals surface area contributed by atoms with Crippen LogP contribution in [0, 0.1) is 0 Å². The molecule has 2 aromatic carbocycles. The fourth-order valence-electron chi connectivity index (χ4n) is 3.08. The second-order valence-electron chi connectivity index (χ2n) is 6.39. The molecule has 4 rings (SSSR count). The summed E-state index contributed by atoms with van der Waals surface area (Å²) in [5, 5.41) is 15.9. The van der Waals surface area contributed by atoms with Crippen LogP contribution in [-0.4, -0.2) is 29.8 Å². The van der Waals surface area contributed by atoms with Gasteiger partial charge in [-0.1, -0.05) is 29.5 Å². The number of carbonyl (C=O) groups excluding carboxylic acids is 1. The quantitative estimate of drug-likeness (QED) is 0.712. The highest BCUT2D eigenvalue weighted by Crippen LogP contribution is 2.22. The van der Waals surface area contributed by atoms with Gasteiger partial charge >= 0.3 is 0 Å². The highest BCUT2D eigenvalue weighted by molar-refractivity contribution is 7.15. The zero-order valence-corrected chi connectivity index (χ0v) is 15.8. The number of amides is 1. The average molecular weight is 380 g/mol. The highest BCUT2D eigenvalue weighted by Gasteiger charge is 2.14. The van der Waals surface area contributed by atoms with E-state index >= 15 is 0 Å². The standard InChI is InChI=1S/C20H20N4O2S/c1-26-17-6-2-13(3-7-17)10-18-23-24-20(27-18)22-19(25)15-4-5-16-12-21-9-8-14(16)11-15/h2-7,11,21H,8-10,12H2,1H3,(H,22,24,25). The molecular formula is C20H20N4O2S. The van der Waals surface area contributed by atoms with Gasteiger partial charge in [0.2, 0.25) is 5.13 Å². The number of benzene rings is 2. The zero-order chi connectivity index (χ0) is 18.6. The highest BCUT2D eigenvalue weighted by atomic mass is 32.1. The van der Waals surface area contributed by atoms with Crippen LogP contribution in [0.4, 0.5) is 5.13 Å². The van der Waals surface area contributed by atoms with Gasteiger partial charge in [0, 0.05) is 18.5 Å². The number of anilines is 1. The van der Waals surface area contributed by atoms with E-state index in [1.54, 1.807) is 7.11 Å². The summed E-state index contributed by atoms with van der Waals surface area (Å²) in [6.07, 6.45) is 1.62. The van der Waals surface area contributed by atoms with Crippen LogP contribution in [-0.2, 0) is 19.4 Å². The van der Waals surface area contributed by atoms with Crippen molar-refractivity contribution in [1.82, 2.24) is 15.5 Å². The first-order chi connectivity index (χ1) is 13.2. The van der Waals surface area contributed by atoms with Crippen molar-refractivity contribution in [2.75, 3.05) is 19.0 Å². The van der Waals surface area contributed by atoms with Crippen molar-refractivity contribution in [3.05, 3.63) is 69.7 Å². The number of carbonyl (C=O) groups is 1. The third-order valence-electron chi connectivity index (χ3n) is 4.56. The number of nitrogens with zero attached hydrogens (tertiary/aromatic N) is 2. The van der Waals surface area contributed by atoms with Crippen molar-refractivity contribution < 1.29 is 9.53 Å². The summed E-state index contributed by atoms with van der Waals surface area (Å²) in [7, 11) is 1.65. The second kappa shape index (κ2) is 7.85. The Bertz CT molecular complexity index is 953. The Labute approximate surface area is 161 Å². The van der Waals surface area contributed by atoms with Gasteiger partial charge in [0.05, 0.1) is 7.11 Å². The Hall–Kier alpha value is -2.77. The summed E-state index contributed by atoms with van der Waals surface area (Å²) in [6.45, 7) is 1.81. The van der Waals surface area contributed by atoms with Crippen LogP contribution in [0.5, 0.6) is 5.75 Å². The van der Waals surface area contributed by atoms with Crippen molar-refractivity contribution in [3.8, 4) is 5.75 Å². The summed E-state index contributed by atoms with van der Waals surface area (Å²) >= 11 is 1.39. The molecule has 0 atom stereocenters. The zero-order valence-electron chi connectivity index (χ0n) is 15.0. The number of aromatic nitrogens is 2. The van der Waals surface area contributed by atoms with Gasteiger partial charge in [-0.25, -0.2) is 0 Å². The van der Waals surface area contributed by atoms with Crippen molar-refractivity contribution in [2.45, 2.75) is 19.4 Å². The summed E-state index contributed by atoms with van der Waals surface area (Å²) < 4.78 is 5.17. The number of ether oxygens (including phenoxy) is 1. The first-order valence-corrected chi connectivity index (χ1v) is 9.62. The van der Waals surface area contributed by atoms with Gasteiger partial charge in [-0.2, -0.15) is 0 Å². The summed E-state index contributed by atoms with van der Waals surface area (Å²) in [5.41, 5.74) is 4.27. The van der Waals surface area contributed by atoms with E-state index in [9.17, 15) is 4.79 Å². The Morgan fingerprint density at radius 3 is 2.85 bits per heavy atom. The minimum Gasteiger partial charge on any atom is -0.497 e. The lowest BCUT2D eigenvalue weighted by atomic mass is 9.98.